The van der Waals surface area contributed by atoms with Crippen molar-refractivity contribution in [3.05, 3.63) is 0 Å². The van der Waals surface area contributed by atoms with Crippen LogP contribution in [0.1, 0.15) is 32.6 Å². The van der Waals surface area contributed by atoms with E-state index in [9.17, 15) is 4.79 Å². The standard InChI is InChI=1S/C14H25N3O/c1-5-10-16-14(18)11(2)17(4)13-8-6-12(15-3)7-9-13/h1,11-13,15H,6-10H2,2-4H3,(H,16,18). The molecule has 0 bridgehead atoms. The Balaban J connectivity index is 2.42. The zero-order chi connectivity index (χ0) is 13.5. The number of terminal acetylenes is 1. The molecule has 1 rings (SSSR count). The molecule has 1 aliphatic carbocycles. The zero-order valence-corrected chi connectivity index (χ0v) is 11.7. The molecule has 4 heteroatoms. The summed E-state index contributed by atoms with van der Waals surface area (Å²) >= 11 is 0. The normalized spacial score (nSPS) is 25.5. The largest absolute Gasteiger partial charge is 0.344 e. The fraction of sp³-hybridized carbons (Fsp3) is 0.786. The van der Waals surface area contributed by atoms with Crippen LogP contribution >= 0.6 is 0 Å². The highest BCUT2D eigenvalue weighted by Crippen LogP contribution is 2.23. The van der Waals surface area contributed by atoms with Gasteiger partial charge in [-0.05, 0) is 46.7 Å². The quantitative estimate of drug-likeness (QED) is 0.703. The summed E-state index contributed by atoms with van der Waals surface area (Å²) in [6, 6.07) is 1.02. The summed E-state index contributed by atoms with van der Waals surface area (Å²) in [6.45, 7) is 2.25. The van der Waals surface area contributed by atoms with Gasteiger partial charge >= 0.3 is 0 Å². The molecule has 0 aromatic carbocycles. The van der Waals surface area contributed by atoms with E-state index in [1.807, 2.05) is 21.0 Å². The Hall–Kier alpha value is -1.05. The maximum Gasteiger partial charge on any atom is 0.237 e. The number of hydrogen-bond donors (Lipinski definition) is 2. The van der Waals surface area contributed by atoms with Crippen molar-refractivity contribution in [1.29, 1.82) is 0 Å². The van der Waals surface area contributed by atoms with E-state index in [4.69, 9.17) is 6.42 Å². The van der Waals surface area contributed by atoms with E-state index in [0.717, 1.165) is 12.8 Å². The molecule has 0 radical (unpaired) electrons. The van der Waals surface area contributed by atoms with Crippen LogP contribution in [-0.2, 0) is 4.79 Å². The van der Waals surface area contributed by atoms with Crippen LogP contribution in [0.3, 0.4) is 0 Å². The first-order valence-corrected chi connectivity index (χ1v) is 6.70. The molecule has 0 saturated heterocycles. The number of nitrogens with one attached hydrogen (secondary N) is 2. The Morgan fingerprint density at radius 2 is 2.06 bits per heavy atom. The zero-order valence-electron chi connectivity index (χ0n) is 11.7. The van der Waals surface area contributed by atoms with Gasteiger partial charge in [0.25, 0.3) is 0 Å². The van der Waals surface area contributed by atoms with Crippen molar-refractivity contribution in [2.75, 3.05) is 20.6 Å². The second kappa shape index (κ2) is 7.40. The molecule has 1 amide bonds. The van der Waals surface area contributed by atoms with Crippen molar-refractivity contribution in [3.63, 3.8) is 0 Å². The van der Waals surface area contributed by atoms with Gasteiger partial charge in [0.2, 0.25) is 5.91 Å². The predicted molar refractivity (Wildman–Crippen MR) is 74.2 cm³/mol. The molecule has 0 aromatic rings. The van der Waals surface area contributed by atoms with Crippen LogP contribution in [0.25, 0.3) is 0 Å². The molecule has 0 aliphatic heterocycles. The molecule has 1 saturated carbocycles. The van der Waals surface area contributed by atoms with Crippen LogP contribution in [-0.4, -0.2) is 49.6 Å². The Labute approximate surface area is 110 Å². The summed E-state index contributed by atoms with van der Waals surface area (Å²) in [7, 11) is 4.05. The number of likely N-dealkylation sites (N-methyl/N-ethyl adjacent to an activating group) is 1. The van der Waals surface area contributed by atoms with Gasteiger partial charge in [-0.15, -0.1) is 6.42 Å². The number of carbonyl (C=O) groups excluding carboxylic acids is 1. The molecule has 2 N–H and O–H groups in total. The fourth-order valence-corrected chi connectivity index (χ4v) is 2.56. The van der Waals surface area contributed by atoms with Crippen LogP contribution in [0, 0.1) is 12.3 Å². The van der Waals surface area contributed by atoms with Gasteiger partial charge in [0.05, 0.1) is 12.6 Å². The number of carbonyl (C=O) groups is 1. The fourth-order valence-electron chi connectivity index (χ4n) is 2.56. The summed E-state index contributed by atoms with van der Waals surface area (Å²) in [5.74, 6) is 2.45. The Morgan fingerprint density at radius 3 is 2.56 bits per heavy atom. The molecule has 0 aromatic heterocycles. The van der Waals surface area contributed by atoms with E-state index in [1.54, 1.807) is 0 Å². The van der Waals surface area contributed by atoms with Crippen molar-refractivity contribution in [2.45, 2.75) is 50.7 Å². The smallest absolute Gasteiger partial charge is 0.237 e. The average molecular weight is 251 g/mol. The molecule has 1 aliphatic rings. The molecule has 0 heterocycles. The molecule has 1 unspecified atom stereocenters. The number of hydrogen-bond acceptors (Lipinski definition) is 3. The third-order valence-electron chi connectivity index (χ3n) is 4.04. The molecule has 18 heavy (non-hydrogen) atoms. The monoisotopic (exact) mass is 251 g/mol. The summed E-state index contributed by atoms with van der Waals surface area (Å²) in [5.41, 5.74) is 0. The highest BCUT2D eigenvalue weighted by molar-refractivity contribution is 5.81. The maximum atomic E-state index is 11.8. The van der Waals surface area contributed by atoms with Gasteiger partial charge in [-0.3, -0.25) is 9.69 Å². The van der Waals surface area contributed by atoms with Crippen LogP contribution in [0.2, 0.25) is 0 Å². The minimum atomic E-state index is -0.116. The van der Waals surface area contributed by atoms with Crippen molar-refractivity contribution >= 4 is 5.91 Å². The highest BCUT2D eigenvalue weighted by Gasteiger charge is 2.28. The van der Waals surface area contributed by atoms with Crippen LogP contribution in [0.5, 0.6) is 0 Å². The lowest BCUT2D eigenvalue weighted by Crippen LogP contribution is -2.49. The predicted octanol–water partition coefficient (Wildman–Crippen LogP) is 0.587. The Bertz CT molecular complexity index is 303. The van der Waals surface area contributed by atoms with Crippen molar-refractivity contribution in [1.82, 2.24) is 15.5 Å². The van der Waals surface area contributed by atoms with Crippen LogP contribution in [0.4, 0.5) is 0 Å². The number of nitrogens with zero attached hydrogens (tertiary/aromatic N) is 1. The molecule has 1 atom stereocenters. The second-order valence-electron chi connectivity index (χ2n) is 5.06. The van der Waals surface area contributed by atoms with Gasteiger partial charge in [-0.1, -0.05) is 5.92 Å². The third kappa shape index (κ3) is 4.01. The first kappa shape index (κ1) is 15.0. The average Bonchev–Trinajstić information content (AvgIpc) is 2.43. The number of amides is 1. The van der Waals surface area contributed by atoms with Crippen molar-refractivity contribution < 1.29 is 4.79 Å². The minimum Gasteiger partial charge on any atom is -0.344 e. The molecule has 0 spiro atoms. The van der Waals surface area contributed by atoms with Gasteiger partial charge in [0.1, 0.15) is 0 Å². The lowest BCUT2D eigenvalue weighted by atomic mass is 9.90. The van der Waals surface area contributed by atoms with E-state index in [1.165, 1.54) is 12.8 Å². The third-order valence-corrected chi connectivity index (χ3v) is 4.04. The summed E-state index contributed by atoms with van der Waals surface area (Å²) in [6.07, 6.45) is 9.81. The molecular formula is C14H25N3O. The highest BCUT2D eigenvalue weighted by atomic mass is 16.2. The summed E-state index contributed by atoms with van der Waals surface area (Å²) in [5, 5.41) is 6.07. The lowest BCUT2D eigenvalue weighted by Gasteiger charge is -2.37. The van der Waals surface area contributed by atoms with Crippen molar-refractivity contribution in [2.24, 2.45) is 0 Å². The van der Waals surface area contributed by atoms with E-state index in [2.05, 4.69) is 21.5 Å². The van der Waals surface area contributed by atoms with Gasteiger partial charge < -0.3 is 10.6 Å². The lowest BCUT2D eigenvalue weighted by molar-refractivity contribution is -0.126. The van der Waals surface area contributed by atoms with Crippen LogP contribution in [0.15, 0.2) is 0 Å². The van der Waals surface area contributed by atoms with Gasteiger partial charge in [0.15, 0.2) is 0 Å². The van der Waals surface area contributed by atoms with Crippen LogP contribution < -0.4 is 10.6 Å². The minimum absolute atomic E-state index is 0.0196. The summed E-state index contributed by atoms with van der Waals surface area (Å²) in [4.78, 5) is 14.0. The second-order valence-corrected chi connectivity index (χ2v) is 5.06. The molecule has 102 valence electrons. The van der Waals surface area contributed by atoms with Gasteiger partial charge in [-0.25, -0.2) is 0 Å². The first-order chi connectivity index (χ1) is 8.60. The van der Waals surface area contributed by atoms with E-state index in [0.29, 0.717) is 18.6 Å². The maximum absolute atomic E-state index is 11.8. The van der Waals surface area contributed by atoms with E-state index < -0.39 is 0 Å². The molecule has 4 nitrogen and oxygen atoms in total. The topological polar surface area (TPSA) is 44.4 Å². The van der Waals surface area contributed by atoms with Crippen molar-refractivity contribution in [3.8, 4) is 12.3 Å². The summed E-state index contributed by atoms with van der Waals surface area (Å²) < 4.78 is 0. The van der Waals surface area contributed by atoms with E-state index in [-0.39, 0.29) is 11.9 Å². The first-order valence-electron chi connectivity index (χ1n) is 6.70. The number of rotatable bonds is 5. The Kier molecular flexibility index (Phi) is 6.17. The molecular weight excluding hydrogens is 226 g/mol. The SMILES string of the molecule is C#CCNC(=O)C(C)N(C)C1CCC(NC)CC1. The molecule has 1 fully saturated rings. The van der Waals surface area contributed by atoms with E-state index >= 15 is 0 Å². The Morgan fingerprint density at radius 1 is 1.44 bits per heavy atom. The van der Waals surface area contributed by atoms with Gasteiger partial charge in [-0.2, -0.15) is 0 Å². The van der Waals surface area contributed by atoms with Gasteiger partial charge in [0, 0.05) is 12.1 Å².